The minimum atomic E-state index is -0.766. The molecule has 1 aromatic carbocycles. The molecule has 0 radical (unpaired) electrons. The fraction of sp³-hybridized carbons (Fsp3) is 0.462. The normalized spacial score (nSPS) is 23.7. The number of aliphatic hydroxyl groups is 1. The Hall–Kier alpha value is -1.62. The number of carbonyl (C=O) groups excluding carboxylic acids is 1. The average Bonchev–Trinajstić information content (AvgIpc) is 2.32. The first kappa shape index (κ1) is 12.8. The van der Waals surface area contributed by atoms with Crippen LogP contribution in [0.3, 0.4) is 0 Å². The molecule has 0 aliphatic heterocycles. The predicted octanol–water partition coefficient (Wildman–Crippen LogP) is 1.56. The molecule has 1 aliphatic carbocycles. The van der Waals surface area contributed by atoms with E-state index in [2.05, 4.69) is 5.32 Å². The molecule has 1 amide bonds. The van der Waals surface area contributed by atoms with Crippen LogP contribution in [0.1, 0.15) is 36.0 Å². The van der Waals surface area contributed by atoms with Gasteiger partial charge in [-0.1, -0.05) is 12.8 Å². The van der Waals surface area contributed by atoms with Crippen molar-refractivity contribution in [3.05, 3.63) is 29.6 Å². The van der Waals surface area contributed by atoms with Gasteiger partial charge in [-0.15, -0.1) is 0 Å². The largest absolute Gasteiger partial charge is 0.508 e. The fourth-order valence-electron chi connectivity index (χ4n) is 2.21. The number of nitrogens with one attached hydrogen (secondary N) is 1. The van der Waals surface area contributed by atoms with Crippen LogP contribution in [-0.4, -0.2) is 28.3 Å². The van der Waals surface area contributed by atoms with Crippen molar-refractivity contribution in [1.29, 1.82) is 0 Å². The van der Waals surface area contributed by atoms with Crippen molar-refractivity contribution in [3.63, 3.8) is 0 Å². The van der Waals surface area contributed by atoms with E-state index in [0.29, 0.717) is 12.8 Å². The van der Waals surface area contributed by atoms with E-state index >= 15 is 0 Å². The third-order valence-corrected chi connectivity index (χ3v) is 3.24. The monoisotopic (exact) mass is 253 g/mol. The van der Waals surface area contributed by atoms with Gasteiger partial charge >= 0.3 is 0 Å². The van der Waals surface area contributed by atoms with Crippen LogP contribution in [-0.2, 0) is 0 Å². The number of amides is 1. The molecule has 2 rings (SSSR count). The first-order valence-corrected chi connectivity index (χ1v) is 6.05. The Kier molecular flexibility index (Phi) is 3.81. The summed E-state index contributed by atoms with van der Waals surface area (Å²) in [7, 11) is 0. The second-order valence-electron chi connectivity index (χ2n) is 4.60. The number of halogens is 1. The van der Waals surface area contributed by atoms with Gasteiger partial charge in [-0.3, -0.25) is 4.79 Å². The van der Waals surface area contributed by atoms with Crippen LogP contribution >= 0.6 is 0 Å². The third-order valence-electron chi connectivity index (χ3n) is 3.24. The lowest BCUT2D eigenvalue weighted by molar-refractivity contribution is 0.0714. The first-order valence-electron chi connectivity index (χ1n) is 6.05. The van der Waals surface area contributed by atoms with Gasteiger partial charge in [0.1, 0.15) is 11.6 Å². The lowest BCUT2D eigenvalue weighted by Gasteiger charge is -2.28. The van der Waals surface area contributed by atoms with Crippen molar-refractivity contribution >= 4 is 5.91 Å². The number of benzene rings is 1. The number of aromatic hydroxyl groups is 1. The molecule has 18 heavy (non-hydrogen) atoms. The number of carbonyl (C=O) groups is 1. The number of phenols is 1. The molecule has 4 nitrogen and oxygen atoms in total. The van der Waals surface area contributed by atoms with Crippen molar-refractivity contribution in [2.45, 2.75) is 37.8 Å². The second-order valence-corrected chi connectivity index (χ2v) is 4.60. The minimum Gasteiger partial charge on any atom is -0.508 e. The summed E-state index contributed by atoms with van der Waals surface area (Å²) in [4.78, 5) is 11.8. The number of phenolic OH excluding ortho intramolecular Hbond substituents is 1. The highest BCUT2D eigenvalue weighted by Gasteiger charge is 2.25. The summed E-state index contributed by atoms with van der Waals surface area (Å²) in [5.74, 6) is -1.54. The number of aliphatic hydroxyl groups excluding tert-OH is 1. The van der Waals surface area contributed by atoms with E-state index in [1.807, 2.05) is 0 Å². The van der Waals surface area contributed by atoms with Gasteiger partial charge in [0.05, 0.1) is 17.7 Å². The molecule has 1 aromatic rings. The van der Waals surface area contributed by atoms with Gasteiger partial charge < -0.3 is 15.5 Å². The van der Waals surface area contributed by atoms with Crippen LogP contribution in [0.2, 0.25) is 0 Å². The van der Waals surface area contributed by atoms with Crippen LogP contribution in [0.5, 0.6) is 5.75 Å². The molecule has 0 saturated heterocycles. The van der Waals surface area contributed by atoms with Crippen LogP contribution in [0.25, 0.3) is 0 Å². The fourth-order valence-corrected chi connectivity index (χ4v) is 2.21. The molecule has 2 atom stereocenters. The van der Waals surface area contributed by atoms with Crippen LogP contribution in [0, 0.1) is 5.82 Å². The summed E-state index contributed by atoms with van der Waals surface area (Å²) in [6, 6.07) is 3.07. The van der Waals surface area contributed by atoms with E-state index in [4.69, 9.17) is 5.11 Å². The zero-order chi connectivity index (χ0) is 13.1. The Morgan fingerprint density at radius 3 is 2.72 bits per heavy atom. The summed E-state index contributed by atoms with van der Waals surface area (Å²) >= 11 is 0. The molecular formula is C13H16FNO3. The van der Waals surface area contributed by atoms with E-state index in [1.165, 1.54) is 12.1 Å². The maximum absolute atomic E-state index is 13.5. The molecule has 0 heterocycles. The van der Waals surface area contributed by atoms with Gasteiger partial charge in [0.2, 0.25) is 0 Å². The van der Waals surface area contributed by atoms with E-state index in [-0.39, 0.29) is 17.4 Å². The topological polar surface area (TPSA) is 69.6 Å². The Labute approximate surface area is 104 Å². The van der Waals surface area contributed by atoms with Crippen LogP contribution in [0.15, 0.2) is 18.2 Å². The number of rotatable bonds is 2. The predicted molar refractivity (Wildman–Crippen MR) is 63.8 cm³/mol. The molecule has 98 valence electrons. The maximum atomic E-state index is 13.5. The van der Waals surface area contributed by atoms with Crippen molar-refractivity contribution in [1.82, 2.24) is 5.32 Å². The molecule has 5 heteroatoms. The first-order chi connectivity index (χ1) is 8.58. The van der Waals surface area contributed by atoms with Gasteiger partial charge in [-0.25, -0.2) is 4.39 Å². The molecule has 0 aromatic heterocycles. The van der Waals surface area contributed by atoms with E-state index in [0.717, 1.165) is 18.9 Å². The van der Waals surface area contributed by atoms with Crippen LogP contribution in [0.4, 0.5) is 4.39 Å². The van der Waals surface area contributed by atoms with Gasteiger partial charge in [-0.2, -0.15) is 0 Å². The van der Waals surface area contributed by atoms with E-state index < -0.39 is 17.8 Å². The summed E-state index contributed by atoms with van der Waals surface area (Å²) < 4.78 is 13.5. The zero-order valence-electron chi connectivity index (χ0n) is 9.90. The van der Waals surface area contributed by atoms with Crippen molar-refractivity contribution < 1.29 is 19.4 Å². The Morgan fingerprint density at radius 1 is 1.33 bits per heavy atom. The summed E-state index contributed by atoms with van der Waals surface area (Å²) in [5, 5.41) is 21.4. The number of hydrogen-bond donors (Lipinski definition) is 3. The SMILES string of the molecule is O=C(N[C@H]1CCCC[C@@H]1O)c1ccc(O)cc1F. The van der Waals surface area contributed by atoms with E-state index in [1.54, 1.807) is 0 Å². The van der Waals surface area contributed by atoms with Gasteiger partial charge in [0, 0.05) is 6.07 Å². The molecule has 3 N–H and O–H groups in total. The zero-order valence-corrected chi connectivity index (χ0v) is 9.90. The second kappa shape index (κ2) is 5.35. The highest BCUT2D eigenvalue weighted by Crippen LogP contribution is 2.20. The Balaban J connectivity index is 2.07. The molecule has 0 spiro atoms. The van der Waals surface area contributed by atoms with Crippen molar-refractivity contribution in [3.8, 4) is 5.75 Å². The smallest absolute Gasteiger partial charge is 0.254 e. The average molecular weight is 253 g/mol. The summed E-state index contributed by atoms with van der Waals surface area (Å²) in [6.45, 7) is 0. The molecule has 0 bridgehead atoms. The summed E-state index contributed by atoms with van der Waals surface area (Å²) in [6.07, 6.45) is 2.68. The minimum absolute atomic E-state index is 0.120. The Bertz CT molecular complexity index is 450. The maximum Gasteiger partial charge on any atom is 0.254 e. The third kappa shape index (κ3) is 2.79. The van der Waals surface area contributed by atoms with Gasteiger partial charge in [-0.05, 0) is 25.0 Å². The quantitative estimate of drug-likeness (QED) is 0.749. The van der Waals surface area contributed by atoms with E-state index in [9.17, 15) is 14.3 Å². The number of hydrogen-bond acceptors (Lipinski definition) is 3. The van der Waals surface area contributed by atoms with Crippen LogP contribution < -0.4 is 5.32 Å². The summed E-state index contributed by atoms with van der Waals surface area (Å²) in [5.41, 5.74) is -0.120. The molecular weight excluding hydrogens is 237 g/mol. The van der Waals surface area contributed by atoms with Crippen molar-refractivity contribution in [2.75, 3.05) is 0 Å². The Morgan fingerprint density at radius 2 is 2.06 bits per heavy atom. The highest BCUT2D eigenvalue weighted by atomic mass is 19.1. The molecule has 0 unspecified atom stereocenters. The highest BCUT2D eigenvalue weighted by molar-refractivity contribution is 5.94. The molecule has 1 fully saturated rings. The lowest BCUT2D eigenvalue weighted by Crippen LogP contribution is -2.45. The molecule has 1 saturated carbocycles. The molecule has 1 aliphatic rings. The van der Waals surface area contributed by atoms with Gasteiger partial charge in [0.25, 0.3) is 5.91 Å². The van der Waals surface area contributed by atoms with Crippen molar-refractivity contribution in [2.24, 2.45) is 0 Å². The lowest BCUT2D eigenvalue weighted by atomic mass is 9.92. The van der Waals surface area contributed by atoms with Gasteiger partial charge in [0.15, 0.2) is 0 Å². The standard InChI is InChI=1S/C13H16FNO3/c14-10-7-8(16)5-6-9(10)13(18)15-11-3-1-2-4-12(11)17/h5-7,11-12,16-17H,1-4H2,(H,15,18)/t11-,12-/m0/s1.